The van der Waals surface area contributed by atoms with Crippen molar-refractivity contribution in [2.24, 2.45) is 28.6 Å². The van der Waals surface area contributed by atoms with E-state index < -0.39 is 11.6 Å². The number of rotatable bonds is 6. The first kappa shape index (κ1) is 22.8. The second kappa shape index (κ2) is 8.36. The summed E-state index contributed by atoms with van der Waals surface area (Å²) in [6.07, 6.45) is 9.53. The fourth-order valence-corrected chi connectivity index (χ4v) is 6.00. The Balaban J connectivity index is 1.95. The Labute approximate surface area is 181 Å². The molecule has 1 fully saturated rings. The minimum atomic E-state index is -0.537. The zero-order valence-electron chi connectivity index (χ0n) is 19.6. The van der Waals surface area contributed by atoms with Crippen LogP contribution in [0.4, 0.5) is 0 Å². The quantitative estimate of drug-likeness (QED) is 0.335. The molecule has 0 saturated heterocycles. The highest BCUT2D eigenvalue weighted by Crippen LogP contribution is 2.62. The fraction of sp³-hybridized carbons (Fsp3) is 0.692. The predicted octanol–water partition coefficient (Wildman–Crippen LogP) is 5.66. The number of carbonyl (C=O) groups is 2. The molecule has 0 amide bonds. The standard InChI is InChI=1S/C26H39NO3/c1-7-16(2)15-27-20-13-21(28)24(30)19(23(20)29)14-26(6)18(4)11-12-25(5)17(3)9-8-10-22(25)26/h9,13,16,18,22,27,29H,7-8,10-12,14-15H2,1-6H3. The average molecular weight is 414 g/mol. The maximum atomic E-state index is 12.9. The van der Waals surface area contributed by atoms with Crippen molar-refractivity contribution in [1.82, 2.24) is 5.32 Å². The van der Waals surface area contributed by atoms with Gasteiger partial charge in [-0.15, -0.1) is 0 Å². The van der Waals surface area contributed by atoms with Gasteiger partial charge in [-0.2, -0.15) is 0 Å². The summed E-state index contributed by atoms with van der Waals surface area (Å²) in [5, 5.41) is 14.2. The highest BCUT2D eigenvalue weighted by Gasteiger charge is 2.54. The first-order valence-corrected chi connectivity index (χ1v) is 11.7. The molecule has 1 saturated carbocycles. The van der Waals surface area contributed by atoms with E-state index in [0.29, 0.717) is 42.0 Å². The molecule has 30 heavy (non-hydrogen) atoms. The smallest absolute Gasteiger partial charge is 0.232 e. The fourth-order valence-electron chi connectivity index (χ4n) is 6.00. The number of nitrogens with one attached hydrogen (secondary N) is 1. The maximum Gasteiger partial charge on any atom is 0.232 e. The number of aliphatic hydroxyl groups is 1. The molecular formula is C26H39NO3. The van der Waals surface area contributed by atoms with Crippen LogP contribution in [0.5, 0.6) is 0 Å². The Morgan fingerprint density at radius 2 is 1.97 bits per heavy atom. The van der Waals surface area contributed by atoms with Gasteiger partial charge in [-0.1, -0.05) is 52.7 Å². The molecule has 0 spiro atoms. The van der Waals surface area contributed by atoms with Crippen molar-refractivity contribution in [1.29, 1.82) is 0 Å². The number of fused-ring (bicyclic) bond motifs is 1. The van der Waals surface area contributed by atoms with Crippen molar-refractivity contribution in [2.45, 2.75) is 80.1 Å². The molecule has 0 aromatic rings. The molecule has 2 N–H and O–H groups in total. The molecule has 5 unspecified atom stereocenters. The summed E-state index contributed by atoms with van der Waals surface area (Å²) in [5.41, 5.74) is 2.16. The molecule has 3 rings (SSSR count). The molecule has 0 aromatic carbocycles. The summed E-state index contributed by atoms with van der Waals surface area (Å²) in [6.45, 7) is 14.1. The Bertz CT molecular complexity index is 820. The van der Waals surface area contributed by atoms with Gasteiger partial charge in [0.2, 0.25) is 11.6 Å². The van der Waals surface area contributed by atoms with Gasteiger partial charge in [0.15, 0.2) is 0 Å². The van der Waals surface area contributed by atoms with E-state index in [-0.39, 0.29) is 16.6 Å². The molecule has 0 radical (unpaired) electrons. The molecule has 3 aliphatic carbocycles. The highest BCUT2D eigenvalue weighted by molar-refractivity contribution is 6.48. The first-order valence-electron chi connectivity index (χ1n) is 11.7. The minimum Gasteiger partial charge on any atom is -0.505 e. The lowest BCUT2D eigenvalue weighted by Crippen LogP contribution is -2.50. The molecule has 0 aliphatic heterocycles. The Morgan fingerprint density at radius 1 is 1.27 bits per heavy atom. The Hall–Kier alpha value is -1.84. The summed E-state index contributed by atoms with van der Waals surface area (Å²) in [7, 11) is 0. The summed E-state index contributed by atoms with van der Waals surface area (Å²) >= 11 is 0. The van der Waals surface area contributed by atoms with Crippen molar-refractivity contribution < 1.29 is 14.7 Å². The number of hydrogen-bond donors (Lipinski definition) is 2. The van der Waals surface area contributed by atoms with E-state index >= 15 is 0 Å². The van der Waals surface area contributed by atoms with Crippen molar-refractivity contribution in [3.8, 4) is 0 Å². The van der Waals surface area contributed by atoms with Gasteiger partial charge >= 0.3 is 0 Å². The Morgan fingerprint density at radius 3 is 2.63 bits per heavy atom. The van der Waals surface area contributed by atoms with Gasteiger partial charge in [-0.3, -0.25) is 9.59 Å². The van der Waals surface area contributed by atoms with Gasteiger partial charge in [0.1, 0.15) is 5.76 Å². The number of aliphatic hydroxyl groups excluding tert-OH is 1. The van der Waals surface area contributed by atoms with Gasteiger partial charge < -0.3 is 10.4 Å². The second-order valence-corrected chi connectivity index (χ2v) is 10.5. The van der Waals surface area contributed by atoms with Crippen LogP contribution in [0.3, 0.4) is 0 Å². The van der Waals surface area contributed by atoms with Gasteiger partial charge in [0.05, 0.1) is 5.70 Å². The number of hydrogen-bond acceptors (Lipinski definition) is 4. The zero-order valence-corrected chi connectivity index (χ0v) is 19.6. The van der Waals surface area contributed by atoms with E-state index in [1.165, 1.54) is 11.6 Å². The average Bonchev–Trinajstić information content (AvgIpc) is 2.71. The third-order valence-corrected chi connectivity index (χ3v) is 8.80. The summed E-state index contributed by atoms with van der Waals surface area (Å²) in [5.74, 6) is 0.195. The van der Waals surface area contributed by atoms with Crippen LogP contribution in [0.1, 0.15) is 80.1 Å². The molecular weight excluding hydrogens is 374 g/mol. The lowest BCUT2D eigenvalue weighted by atomic mass is 9.46. The third-order valence-electron chi connectivity index (χ3n) is 8.80. The SMILES string of the molecule is CCC(C)CNC1=CC(=O)C(=O)C(CC2(C)C(C)CCC3(C)C(C)=CCCC32)=C1O. The van der Waals surface area contributed by atoms with Crippen molar-refractivity contribution >= 4 is 11.6 Å². The van der Waals surface area contributed by atoms with Crippen LogP contribution in [0, 0.1) is 28.6 Å². The largest absolute Gasteiger partial charge is 0.505 e. The van der Waals surface area contributed by atoms with Crippen LogP contribution in [0.15, 0.2) is 34.8 Å². The lowest BCUT2D eigenvalue weighted by molar-refractivity contribution is -0.132. The van der Waals surface area contributed by atoms with E-state index in [1.807, 2.05) is 0 Å². The lowest BCUT2D eigenvalue weighted by Gasteiger charge is -2.58. The number of carbonyl (C=O) groups excluding carboxylic acids is 2. The number of ketones is 2. The molecule has 5 atom stereocenters. The van der Waals surface area contributed by atoms with Crippen LogP contribution in [-0.4, -0.2) is 23.2 Å². The summed E-state index contributed by atoms with van der Waals surface area (Å²) < 4.78 is 0. The maximum absolute atomic E-state index is 12.9. The van der Waals surface area contributed by atoms with Crippen LogP contribution >= 0.6 is 0 Å². The van der Waals surface area contributed by atoms with Crippen molar-refractivity contribution in [3.05, 3.63) is 34.8 Å². The van der Waals surface area contributed by atoms with Crippen LogP contribution in [0.2, 0.25) is 0 Å². The molecule has 4 nitrogen and oxygen atoms in total. The summed E-state index contributed by atoms with van der Waals surface area (Å²) in [6, 6.07) is 0. The van der Waals surface area contributed by atoms with Gasteiger partial charge in [0, 0.05) is 18.2 Å². The third kappa shape index (κ3) is 3.78. The van der Waals surface area contributed by atoms with Gasteiger partial charge in [-0.25, -0.2) is 0 Å². The van der Waals surface area contributed by atoms with E-state index in [9.17, 15) is 14.7 Å². The van der Waals surface area contributed by atoms with Crippen molar-refractivity contribution in [3.63, 3.8) is 0 Å². The molecule has 166 valence electrons. The van der Waals surface area contributed by atoms with Gasteiger partial charge in [0.25, 0.3) is 0 Å². The Kier molecular flexibility index (Phi) is 6.36. The monoisotopic (exact) mass is 413 g/mol. The molecule has 0 heterocycles. The first-order chi connectivity index (χ1) is 14.0. The summed E-state index contributed by atoms with van der Waals surface area (Å²) in [4.78, 5) is 25.3. The van der Waals surface area contributed by atoms with Gasteiger partial charge in [-0.05, 0) is 67.6 Å². The molecule has 3 aliphatic rings. The molecule has 0 aromatic heterocycles. The number of allylic oxidation sites excluding steroid dienone is 4. The van der Waals surface area contributed by atoms with E-state index in [4.69, 9.17) is 0 Å². The second-order valence-electron chi connectivity index (χ2n) is 10.5. The predicted molar refractivity (Wildman–Crippen MR) is 121 cm³/mol. The minimum absolute atomic E-state index is 0.0216. The molecule has 0 bridgehead atoms. The molecule has 4 heteroatoms. The van der Waals surface area contributed by atoms with Crippen molar-refractivity contribution in [2.75, 3.05) is 6.54 Å². The van der Waals surface area contributed by atoms with E-state index in [2.05, 4.69) is 52.9 Å². The normalized spacial score (nSPS) is 35.5. The van der Waals surface area contributed by atoms with E-state index in [1.54, 1.807) is 0 Å². The zero-order chi connectivity index (χ0) is 22.3. The number of Topliss-reactive ketones (excluding diaryl/α,β-unsaturated/α-hetero) is 1. The van der Waals surface area contributed by atoms with Crippen LogP contribution in [-0.2, 0) is 9.59 Å². The highest BCUT2D eigenvalue weighted by atomic mass is 16.3. The van der Waals surface area contributed by atoms with Crippen LogP contribution < -0.4 is 5.32 Å². The van der Waals surface area contributed by atoms with E-state index in [0.717, 1.165) is 32.1 Å². The van der Waals surface area contributed by atoms with Crippen LogP contribution in [0.25, 0.3) is 0 Å². The topological polar surface area (TPSA) is 66.4 Å².